The van der Waals surface area contributed by atoms with Crippen molar-refractivity contribution in [1.82, 2.24) is 4.98 Å². The first-order valence-corrected chi connectivity index (χ1v) is 7.68. The van der Waals surface area contributed by atoms with Gasteiger partial charge in [0.2, 0.25) is 0 Å². The zero-order valence-corrected chi connectivity index (χ0v) is 13.1. The van der Waals surface area contributed by atoms with Gasteiger partial charge in [0.15, 0.2) is 11.6 Å². The zero-order chi connectivity index (χ0) is 15.9. The average Bonchev–Trinajstić information content (AvgIpc) is 2.49. The van der Waals surface area contributed by atoms with Crippen LogP contribution in [0.3, 0.4) is 0 Å². The molecule has 1 aromatic rings. The first kappa shape index (κ1) is 16.1. The van der Waals surface area contributed by atoms with E-state index >= 15 is 0 Å². The standard InChI is InChI=1S/C19H21NO2/c1-3-5-6-9-14(4-2)18(21)16-12-8-13-20-17(16)19(22)15-10-7-11-15/h3-6,8-9,12-13,15H,7,10-11H2,1-2H3/b5-3-,9-6-,14-4-. The van der Waals surface area contributed by atoms with Crippen molar-refractivity contribution in [3.05, 3.63) is 65.5 Å². The van der Waals surface area contributed by atoms with Gasteiger partial charge >= 0.3 is 0 Å². The van der Waals surface area contributed by atoms with Crippen LogP contribution < -0.4 is 0 Å². The van der Waals surface area contributed by atoms with Gasteiger partial charge in [-0.1, -0.05) is 36.8 Å². The van der Waals surface area contributed by atoms with E-state index in [2.05, 4.69) is 4.98 Å². The van der Waals surface area contributed by atoms with Crippen molar-refractivity contribution in [1.29, 1.82) is 0 Å². The molecule has 0 unspecified atom stereocenters. The number of ketones is 2. The second-order valence-corrected chi connectivity index (χ2v) is 5.35. The van der Waals surface area contributed by atoms with Crippen molar-refractivity contribution >= 4 is 11.6 Å². The Morgan fingerprint density at radius 1 is 1.23 bits per heavy atom. The van der Waals surface area contributed by atoms with Crippen LogP contribution in [0, 0.1) is 5.92 Å². The number of rotatable bonds is 6. The quantitative estimate of drug-likeness (QED) is 0.446. The van der Waals surface area contributed by atoms with Gasteiger partial charge in [-0.25, -0.2) is 0 Å². The Hall–Kier alpha value is -2.29. The second-order valence-electron chi connectivity index (χ2n) is 5.35. The van der Waals surface area contributed by atoms with E-state index in [4.69, 9.17) is 0 Å². The van der Waals surface area contributed by atoms with Crippen LogP contribution in [0.1, 0.15) is 54.0 Å². The van der Waals surface area contributed by atoms with E-state index in [9.17, 15) is 9.59 Å². The highest BCUT2D eigenvalue weighted by Gasteiger charge is 2.30. The Labute approximate surface area is 131 Å². The number of hydrogen-bond donors (Lipinski definition) is 0. The Bertz CT molecular complexity index is 649. The summed E-state index contributed by atoms with van der Waals surface area (Å²) in [5.74, 6) is -0.115. The van der Waals surface area contributed by atoms with Crippen LogP contribution in [-0.4, -0.2) is 16.6 Å². The van der Waals surface area contributed by atoms with Crippen molar-refractivity contribution in [2.24, 2.45) is 5.92 Å². The largest absolute Gasteiger partial charge is 0.292 e. The van der Waals surface area contributed by atoms with Crippen molar-refractivity contribution < 1.29 is 9.59 Å². The molecule has 1 aliphatic rings. The monoisotopic (exact) mass is 295 g/mol. The predicted molar refractivity (Wildman–Crippen MR) is 88.0 cm³/mol. The maximum Gasteiger partial charge on any atom is 0.194 e. The molecule has 0 aromatic carbocycles. The highest BCUT2D eigenvalue weighted by Crippen LogP contribution is 2.30. The van der Waals surface area contributed by atoms with Gasteiger partial charge in [0.25, 0.3) is 0 Å². The van der Waals surface area contributed by atoms with Crippen LogP contribution in [0.15, 0.2) is 54.3 Å². The van der Waals surface area contributed by atoms with Gasteiger partial charge in [-0.2, -0.15) is 0 Å². The highest BCUT2D eigenvalue weighted by atomic mass is 16.1. The second kappa shape index (κ2) is 7.64. The summed E-state index contributed by atoms with van der Waals surface area (Å²) < 4.78 is 0. The lowest BCUT2D eigenvalue weighted by Crippen LogP contribution is -2.25. The van der Waals surface area contributed by atoms with Crippen molar-refractivity contribution in [3.8, 4) is 0 Å². The van der Waals surface area contributed by atoms with Crippen LogP contribution in [-0.2, 0) is 0 Å². The number of hydrogen-bond acceptors (Lipinski definition) is 3. The summed E-state index contributed by atoms with van der Waals surface area (Å²) in [5.41, 5.74) is 1.28. The zero-order valence-electron chi connectivity index (χ0n) is 13.1. The van der Waals surface area contributed by atoms with Gasteiger partial charge in [-0.3, -0.25) is 14.6 Å². The molecule has 3 heteroatoms. The number of nitrogens with zero attached hydrogens (tertiary/aromatic N) is 1. The van der Waals surface area contributed by atoms with Gasteiger partial charge in [-0.05, 0) is 38.8 Å². The maximum atomic E-state index is 12.7. The molecule has 114 valence electrons. The summed E-state index contributed by atoms with van der Waals surface area (Å²) in [6, 6.07) is 3.39. The van der Waals surface area contributed by atoms with Crippen molar-refractivity contribution in [3.63, 3.8) is 0 Å². The van der Waals surface area contributed by atoms with Crippen LogP contribution in [0.2, 0.25) is 0 Å². The molecule has 2 rings (SSSR count). The number of pyridine rings is 1. The Balaban J connectivity index is 2.31. The molecule has 0 N–H and O–H groups in total. The fourth-order valence-corrected chi connectivity index (χ4v) is 2.38. The highest BCUT2D eigenvalue weighted by molar-refractivity contribution is 6.16. The summed E-state index contributed by atoms with van der Waals surface area (Å²) >= 11 is 0. The number of carbonyl (C=O) groups excluding carboxylic acids is 2. The molecule has 1 aromatic heterocycles. The molecular formula is C19H21NO2. The number of carbonyl (C=O) groups is 2. The first-order chi connectivity index (χ1) is 10.7. The first-order valence-electron chi connectivity index (χ1n) is 7.68. The smallest absolute Gasteiger partial charge is 0.194 e. The van der Waals surface area contributed by atoms with E-state index in [1.165, 1.54) is 0 Å². The summed E-state index contributed by atoms with van der Waals surface area (Å²) in [5, 5.41) is 0. The maximum absolute atomic E-state index is 12.7. The molecule has 0 spiro atoms. The van der Waals surface area contributed by atoms with Crippen LogP contribution in [0.25, 0.3) is 0 Å². The SMILES string of the molecule is C\C=C/C=C\C(=C\C)C(=O)c1cccnc1C(=O)C1CCC1. The topological polar surface area (TPSA) is 47.0 Å². The lowest BCUT2D eigenvalue weighted by molar-refractivity contribution is 0.0843. The number of aromatic nitrogens is 1. The van der Waals surface area contributed by atoms with Gasteiger partial charge in [0, 0.05) is 17.7 Å². The Kier molecular flexibility index (Phi) is 5.59. The molecule has 1 aliphatic carbocycles. The van der Waals surface area contributed by atoms with Crippen LogP contribution >= 0.6 is 0 Å². The molecule has 22 heavy (non-hydrogen) atoms. The van der Waals surface area contributed by atoms with E-state index < -0.39 is 0 Å². The van der Waals surface area contributed by atoms with Gasteiger partial charge in [0.05, 0.1) is 5.56 Å². The summed E-state index contributed by atoms with van der Waals surface area (Å²) in [7, 11) is 0. The van der Waals surface area contributed by atoms with Gasteiger partial charge in [-0.15, -0.1) is 0 Å². The molecule has 3 nitrogen and oxygen atoms in total. The summed E-state index contributed by atoms with van der Waals surface area (Å²) in [6.45, 7) is 3.73. The fourth-order valence-electron chi connectivity index (χ4n) is 2.38. The Morgan fingerprint density at radius 3 is 2.59 bits per heavy atom. The van der Waals surface area contributed by atoms with E-state index in [1.807, 2.05) is 32.1 Å². The van der Waals surface area contributed by atoms with E-state index in [1.54, 1.807) is 30.5 Å². The van der Waals surface area contributed by atoms with Crippen molar-refractivity contribution in [2.75, 3.05) is 0 Å². The normalized spacial score (nSPS) is 16.2. The van der Waals surface area contributed by atoms with E-state index in [0.717, 1.165) is 19.3 Å². The molecule has 1 saturated carbocycles. The molecular weight excluding hydrogens is 274 g/mol. The molecule has 0 amide bonds. The summed E-state index contributed by atoms with van der Waals surface area (Å²) in [6.07, 6.45) is 13.6. The minimum absolute atomic E-state index is 0.00286. The fraction of sp³-hybridized carbons (Fsp3) is 0.316. The third kappa shape index (κ3) is 3.48. The summed E-state index contributed by atoms with van der Waals surface area (Å²) in [4.78, 5) is 29.3. The van der Waals surface area contributed by atoms with Crippen molar-refractivity contribution in [2.45, 2.75) is 33.1 Å². The minimum atomic E-state index is -0.154. The lowest BCUT2D eigenvalue weighted by Gasteiger charge is -2.24. The molecule has 0 saturated heterocycles. The van der Waals surface area contributed by atoms with E-state index in [-0.39, 0.29) is 17.5 Å². The third-order valence-corrected chi connectivity index (χ3v) is 3.91. The lowest BCUT2D eigenvalue weighted by atomic mass is 9.80. The molecule has 1 fully saturated rings. The molecule has 0 radical (unpaired) electrons. The van der Waals surface area contributed by atoms with Gasteiger partial charge < -0.3 is 0 Å². The average molecular weight is 295 g/mol. The molecule has 0 bridgehead atoms. The Morgan fingerprint density at radius 2 is 2.00 bits per heavy atom. The molecule has 1 heterocycles. The third-order valence-electron chi connectivity index (χ3n) is 3.91. The predicted octanol–water partition coefficient (Wildman–Crippen LogP) is 4.33. The number of allylic oxidation sites excluding steroid dienone is 6. The minimum Gasteiger partial charge on any atom is -0.292 e. The molecule has 0 aliphatic heterocycles. The van der Waals surface area contributed by atoms with Crippen LogP contribution in [0.5, 0.6) is 0 Å². The van der Waals surface area contributed by atoms with Crippen LogP contribution in [0.4, 0.5) is 0 Å². The molecule has 0 atom stereocenters. The van der Waals surface area contributed by atoms with Gasteiger partial charge in [0.1, 0.15) is 5.69 Å². The van der Waals surface area contributed by atoms with E-state index in [0.29, 0.717) is 16.8 Å². The number of Topliss-reactive ketones (excluding diaryl/α,β-unsaturated/α-hetero) is 2.